The maximum atomic E-state index is 12.1. The number of sulfonamides is 1. The van der Waals surface area contributed by atoms with E-state index in [1.54, 1.807) is 0 Å². The second kappa shape index (κ2) is 7.42. The van der Waals surface area contributed by atoms with Gasteiger partial charge in [0.1, 0.15) is 4.21 Å². The summed E-state index contributed by atoms with van der Waals surface area (Å²) in [5.41, 5.74) is 3.48. The first kappa shape index (κ1) is 17.7. The molecule has 2 aromatic heterocycles. The van der Waals surface area contributed by atoms with Crippen LogP contribution < -0.4 is 5.14 Å². The normalized spacial score (nSPS) is 11.8. The number of rotatable bonds is 7. The number of hydrogen-bond acceptors (Lipinski definition) is 6. The molecular weight excluding hydrogens is 358 g/mol. The molecule has 25 heavy (non-hydrogen) atoms. The lowest BCUT2D eigenvalue weighted by Gasteiger charge is -2.12. The Bertz CT molecular complexity index is 949. The molecule has 2 N–H and O–H groups in total. The van der Waals surface area contributed by atoms with E-state index in [4.69, 9.17) is 5.14 Å². The van der Waals surface area contributed by atoms with Crippen LogP contribution in [0.5, 0.6) is 0 Å². The largest absolute Gasteiger partial charge is 0.248 e. The molecule has 0 radical (unpaired) electrons. The van der Waals surface area contributed by atoms with Crippen LogP contribution in [-0.2, 0) is 23.0 Å². The van der Waals surface area contributed by atoms with Gasteiger partial charge in [-0.15, -0.1) is 21.5 Å². The fourth-order valence-electron chi connectivity index (χ4n) is 2.73. The molecule has 0 amide bonds. The van der Waals surface area contributed by atoms with Gasteiger partial charge in [0, 0.05) is 5.56 Å². The zero-order valence-electron chi connectivity index (χ0n) is 13.8. The summed E-state index contributed by atoms with van der Waals surface area (Å²) in [6.45, 7) is 2.51. The molecule has 2 heterocycles. The van der Waals surface area contributed by atoms with E-state index >= 15 is 0 Å². The molecule has 0 aliphatic heterocycles. The van der Waals surface area contributed by atoms with Crippen LogP contribution in [0.25, 0.3) is 11.1 Å². The van der Waals surface area contributed by atoms with Crippen LogP contribution in [0.1, 0.15) is 30.9 Å². The van der Waals surface area contributed by atoms with Crippen molar-refractivity contribution in [2.75, 3.05) is 0 Å². The van der Waals surface area contributed by atoms with Gasteiger partial charge in [-0.25, -0.2) is 13.6 Å². The van der Waals surface area contributed by atoms with Gasteiger partial charge in [0.05, 0.1) is 6.54 Å². The third-order valence-corrected chi connectivity index (χ3v) is 6.41. The Labute approximate surface area is 150 Å². The van der Waals surface area contributed by atoms with Gasteiger partial charge in [-0.2, -0.15) is 4.80 Å². The summed E-state index contributed by atoms with van der Waals surface area (Å²) in [4.78, 5) is 1.47. The summed E-state index contributed by atoms with van der Waals surface area (Å²) in [7, 11) is -3.80. The molecule has 0 aliphatic carbocycles. The quantitative estimate of drug-likeness (QED) is 0.681. The van der Waals surface area contributed by atoms with Crippen LogP contribution in [0.3, 0.4) is 0 Å². The minimum Gasteiger partial charge on any atom is -0.224 e. The first-order chi connectivity index (χ1) is 12.0. The second-order valence-electron chi connectivity index (χ2n) is 5.70. The molecule has 0 unspecified atom stereocenters. The van der Waals surface area contributed by atoms with E-state index < -0.39 is 10.0 Å². The molecule has 0 atom stereocenters. The number of aryl methyl sites for hydroxylation is 1. The molecule has 7 nitrogen and oxygen atoms in total. The lowest BCUT2D eigenvalue weighted by Crippen LogP contribution is -2.12. The Kier molecular flexibility index (Phi) is 5.26. The van der Waals surface area contributed by atoms with Crippen molar-refractivity contribution < 1.29 is 8.42 Å². The van der Waals surface area contributed by atoms with Crippen molar-refractivity contribution in [1.29, 1.82) is 0 Å². The topological polar surface area (TPSA) is 104 Å². The van der Waals surface area contributed by atoms with E-state index in [0.29, 0.717) is 12.1 Å². The summed E-state index contributed by atoms with van der Waals surface area (Å²) in [5, 5.41) is 19.0. The van der Waals surface area contributed by atoms with Crippen molar-refractivity contribution in [3.63, 3.8) is 0 Å². The minimum atomic E-state index is -3.80. The van der Waals surface area contributed by atoms with Crippen LogP contribution in [-0.4, -0.2) is 28.6 Å². The summed E-state index contributed by atoms with van der Waals surface area (Å²) < 4.78 is 24.4. The van der Waals surface area contributed by atoms with Crippen molar-refractivity contribution >= 4 is 21.4 Å². The van der Waals surface area contributed by atoms with Crippen molar-refractivity contribution in [2.45, 2.75) is 36.9 Å². The lowest BCUT2D eigenvalue weighted by molar-refractivity contribution is 0.573. The zero-order valence-corrected chi connectivity index (χ0v) is 15.4. The lowest BCUT2D eigenvalue weighted by atomic mass is 9.96. The average Bonchev–Trinajstić information content (AvgIpc) is 3.22. The Hall–Kier alpha value is -2.10. The molecule has 9 heteroatoms. The Morgan fingerprint density at radius 2 is 2.04 bits per heavy atom. The summed E-state index contributed by atoms with van der Waals surface area (Å²) in [6, 6.07) is 7.65. The van der Waals surface area contributed by atoms with E-state index in [1.165, 1.54) is 22.5 Å². The second-order valence-corrected chi connectivity index (χ2v) is 8.33. The number of unbranched alkanes of at least 4 members (excludes halogenated alkanes) is 1. The predicted octanol–water partition coefficient (Wildman–Crippen LogP) is 2.44. The van der Waals surface area contributed by atoms with Gasteiger partial charge in [-0.1, -0.05) is 37.6 Å². The van der Waals surface area contributed by atoms with E-state index in [2.05, 4.69) is 22.3 Å². The number of thiophene rings is 1. The monoisotopic (exact) mass is 377 g/mol. The average molecular weight is 377 g/mol. The molecule has 0 spiro atoms. The molecule has 132 valence electrons. The number of nitrogens with two attached hydrogens (primary N) is 1. The Balaban J connectivity index is 2.13. The standard InChI is InChI=1S/C16H19N5O2S2/c1-2-3-6-13-10-24-16(25(17,22)23)15(13)14-8-5-4-7-12(14)9-21-19-11-18-20-21/h4-5,7-8,10-11H,2-3,6,9H2,1H3,(H2,17,22,23). The van der Waals surface area contributed by atoms with Gasteiger partial charge in [-0.3, -0.25) is 0 Å². The van der Waals surface area contributed by atoms with Crippen molar-refractivity contribution in [3.8, 4) is 11.1 Å². The number of benzene rings is 1. The number of primary sulfonamides is 1. The first-order valence-electron chi connectivity index (χ1n) is 7.93. The van der Waals surface area contributed by atoms with Crippen LogP contribution in [0.15, 0.2) is 40.2 Å². The first-order valence-corrected chi connectivity index (χ1v) is 10.4. The van der Waals surface area contributed by atoms with Crippen molar-refractivity contribution in [3.05, 3.63) is 47.1 Å². The predicted molar refractivity (Wildman–Crippen MR) is 96.7 cm³/mol. The molecule has 0 fully saturated rings. The van der Waals surface area contributed by atoms with Gasteiger partial charge in [0.25, 0.3) is 0 Å². The fourth-order valence-corrected chi connectivity index (χ4v) is 4.78. The molecule has 0 bridgehead atoms. The number of hydrogen-bond donors (Lipinski definition) is 1. The third-order valence-electron chi connectivity index (χ3n) is 3.88. The highest BCUT2D eigenvalue weighted by Crippen LogP contribution is 2.38. The van der Waals surface area contributed by atoms with Crippen molar-refractivity contribution in [2.24, 2.45) is 5.14 Å². The van der Waals surface area contributed by atoms with Gasteiger partial charge in [0.2, 0.25) is 10.0 Å². The summed E-state index contributed by atoms with van der Waals surface area (Å²) >= 11 is 1.18. The third kappa shape index (κ3) is 3.94. The Morgan fingerprint density at radius 1 is 1.24 bits per heavy atom. The Morgan fingerprint density at radius 3 is 2.72 bits per heavy atom. The maximum absolute atomic E-state index is 12.1. The molecule has 1 aromatic carbocycles. The van der Waals surface area contributed by atoms with E-state index in [0.717, 1.165) is 36.0 Å². The molecule has 0 saturated carbocycles. The van der Waals surface area contributed by atoms with Crippen LogP contribution in [0, 0.1) is 0 Å². The van der Waals surface area contributed by atoms with Crippen molar-refractivity contribution in [1.82, 2.24) is 20.2 Å². The molecule has 3 rings (SSSR count). The number of tetrazole rings is 1. The smallest absolute Gasteiger partial charge is 0.224 e. The van der Waals surface area contributed by atoms with Crippen LogP contribution in [0.4, 0.5) is 0 Å². The summed E-state index contributed by atoms with van der Waals surface area (Å²) in [6.07, 6.45) is 4.20. The zero-order chi connectivity index (χ0) is 17.9. The molecule has 0 saturated heterocycles. The van der Waals surface area contributed by atoms with Crippen LogP contribution in [0.2, 0.25) is 0 Å². The van der Waals surface area contributed by atoms with Gasteiger partial charge < -0.3 is 0 Å². The van der Waals surface area contributed by atoms with Gasteiger partial charge >= 0.3 is 0 Å². The van der Waals surface area contributed by atoms with E-state index in [1.807, 2.05) is 29.6 Å². The SMILES string of the molecule is CCCCc1csc(S(N)(=O)=O)c1-c1ccccc1Cn1ncnn1. The minimum absolute atomic E-state index is 0.206. The highest BCUT2D eigenvalue weighted by atomic mass is 32.2. The summed E-state index contributed by atoms with van der Waals surface area (Å²) in [5.74, 6) is 0. The number of nitrogens with zero attached hydrogens (tertiary/aromatic N) is 4. The highest BCUT2D eigenvalue weighted by Gasteiger charge is 2.23. The fraction of sp³-hybridized carbons (Fsp3) is 0.312. The molecule has 0 aliphatic rings. The number of aromatic nitrogens is 4. The van der Waals surface area contributed by atoms with E-state index in [9.17, 15) is 8.42 Å². The molecular formula is C16H19N5O2S2. The molecule has 3 aromatic rings. The highest BCUT2D eigenvalue weighted by molar-refractivity contribution is 7.91. The maximum Gasteiger partial charge on any atom is 0.248 e. The van der Waals surface area contributed by atoms with E-state index in [-0.39, 0.29) is 4.21 Å². The van der Waals surface area contributed by atoms with Gasteiger partial charge in [0.15, 0.2) is 6.33 Å². The van der Waals surface area contributed by atoms with Gasteiger partial charge in [-0.05, 0) is 40.1 Å². The van der Waals surface area contributed by atoms with Crippen LogP contribution >= 0.6 is 11.3 Å².